The molecule has 0 bridgehead atoms. The van der Waals surface area contributed by atoms with E-state index >= 15 is 0 Å². The number of guanidine groups is 1. The lowest BCUT2D eigenvalue weighted by atomic mass is 11.0. The molecule has 0 unspecified atom stereocenters. The number of nitrogens with two attached hydrogens (primary N) is 1. The van der Waals surface area contributed by atoms with Crippen molar-refractivity contribution in [3.8, 4) is 0 Å². The normalized spacial score (nSPS) is 14.0. The van der Waals surface area contributed by atoms with Crippen LogP contribution in [-0.4, -0.2) is 12.0 Å². The molecule has 5 heteroatoms. The molecule has 0 aliphatic carbocycles. The molecule has 0 saturated carbocycles. The zero-order valence-electron chi connectivity index (χ0n) is 3.43. The number of nitrogens with zero attached hydrogens (tertiary/aromatic N) is 1. The standard InChI is InChI=1S/C2H4N4O/c3-1(7)4-2-5-6-2/h(H4,3,4,5,6,7). The van der Waals surface area contributed by atoms with Crippen molar-refractivity contribution in [2.24, 2.45) is 10.8 Å². The van der Waals surface area contributed by atoms with Gasteiger partial charge in [-0.15, -0.1) is 5.10 Å². The van der Waals surface area contributed by atoms with E-state index < -0.39 is 6.03 Å². The van der Waals surface area contributed by atoms with E-state index in [4.69, 9.17) is 0 Å². The van der Waals surface area contributed by atoms with E-state index in [1.807, 2.05) is 0 Å². The minimum atomic E-state index is -0.594. The van der Waals surface area contributed by atoms with Crippen LogP contribution in [0.1, 0.15) is 0 Å². The first kappa shape index (κ1) is 3.91. The fraction of sp³-hybridized carbons (Fsp3) is 0. The van der Waals surface area contributed by atoms with Crippen LogP contribution < -0.4 is 16.5 Å². The van der Waals surface area contributed by atoms with Crippen molar-refractivity contribution < 1.29 is 4.79 Å². The van der Waals surface area contributed by atoms with Crippen LogP contribution in [-0.2, 0) is 0 Å². The summed E-state index contributed by atoms with van der Waals surface area (Å²) in [6.45, 7) is 0. The van der Waals surface area contributed by atoms with Crippen LogP contribution in [0.4, 0.5) is 4.79 Å². The van der Waals surface area contributed by atoms with Gasteiger partial charge in [0, 0.05) is 0 Å². The molecule has 4 N–H and O–H groups in total. The number of hydrazone groups is 1. The summed E-state index contributed by atoms with van der Waals surface area (Å²) in [5, 5.41) is 5.59. The van der Waals surface area contributed by atoms with Gasteiger partial charge in [0.05, 0.1) is 0 Å². The minimum absolute atomic E-state index is 0.438. The Bertz CT molecular complexity index is 128. The molecule has 7 heavy (non-hydrogen) atoms. The summed E-state index contributed by atoms with van der Waals surface area (Å²) in [5.74, 6) is 0.438. The number of primary amides is 1. The van der Waals surface area contributed by atoms with Gasteiger partial charge in [0.15, 0.2) is 0 Å². The summed E-state index contributed by atoms with van der Waals surface area (Å²) in [4.78, 5) is 9.84. The Hall–Kier alpha value is -1.26. The number of urea groups is 1. The summed E-state index contributed by atoms with van der Waals surface area (Å²) in [6.07, 6.45) is 0. The van der Waals surface area contributed by atoms with E-state index in [0.717, 1.165) is 0 Å². The molecule has 0 aromatic heterocycles. The van der Waals surface area contributed by atoms with Gasteiger partial charge < -0.3 is 5.73 Å². The minimum Gasteiger partial charge on any atom is -0.351 e. The van der Waals surface area contributed by atoms with Crippen molar-refractivity contribution in [3.05, 3.63) is 0 Å². The summed E-state index contributed by atoms with van der Waals surface area (Å²) in [7, 11) is 0. The summed E-state index contributed by atoms with van der Waals surface area (Å²) >= 11 is 0. The van der Waals surface area contributed by atoms with Gasteiger partial charge in [0.2, 0.25) is 5.96 Å². The number of amides is 2. The molecule has 2 amide bonds. The third-order valence-corrected chi connectivity index (χ3v) is 0.465. The van der Waals surface area contributed by atoms with Gasteiger partial charge in [0.1, 0.15) is 0 Å². The molecule has 0 spiro atoms. The van der Waals surface area contributed by atoms with Gasteiger partial charge in [0.25, 0.3) is 0 Å². The molecule has 0 aromatic carbocycles. The van der Waals surface area contributed by atoms with Crippen LogP contribution >= 0.6 is 0 Å². The lowest BCUT2D eigenvalue weighted by Crippen LogP contribution is -2.32. The topological polar surface area (TPSA) is 89.4 Å². The number of hydrogen-bond donors (Lipinski definition) is 3. The highest BCUT2D eigenvalue weighted by Crippen LogP contribution is 1.77. The Morgan fingerprint density at radius 1 is 2.00 bits per heavy atom. The quantitative estimate of drug-likeness (QED) is 0.347. The van der Waals surface area contributed by atoms with Crippen LogP contribution in [0.2, 0.25) is 0 Å². The highest BCUT2D eigenvalue weighted by Gasteiger charge is 2.08. The maximum absolute atomic E-state index is 9.84. The predicted molar refractivity (Wildman–Crippen MR) is 23.3 cm³/mol. The summed E-state index contributed by atoms with van der Waals surface area (Å²) in [5.41, 5.74) is 7.06. The summed E-state index contributed by atoms with van der Waals surface area (Å²) in [6, 6.07) is -0.594. The van der Waals surface area contributed by atoms with Gasteiger partial charge in [-0.2, -0.15) is 0 Å². The van der Waals surface area contributed by atoms with Crippen molar-refractivity contribution in [3.63, 3.8) is 0 Å². The molecular formula is C2H4N4O. The molecule has 1 rings (SSSR count). The Morgan fingerprint density at radius 3 is 2.71 bits per heavy atom. The fourth-order valence-electron chi connectivity index (χ4n) is 0.201. The first-order valence-electron chi connectivity index (χ1n) is 1.69. The van der Waals surface area contributed by atoms with Gasteiger partial charge >= 0.3 is 6.03 Å². The van der Waals surface area contributed by atoms with Gasteiger partial charge in [-0.05, 0) is 0 Å². The second-order valence-corrected chi connectivity index (χ2v) is 1.06. The van der Waals surface area contributed by atoms with E-state index in [9.17, 15) is 4.79 Å². The van der Waals surface area contributed by atoms with Crippen molar-refractivity contribution in [1.29, 1.82) is 0 Å². The van der Waals surface area contributed by atoms with Crippen LogP contribution in [0, 0.1) is 0 Å². The van der Waals surface area contributed by atoms with Crippen molar-refractivity contribution in [2.75, 3.05) is 0 Å². The van der Waals surface area contributed by atoms with Crippen LogP contribution in [0.15, 0.2) is 5.10 Å². The largest absolute Gasteiger partial charge is 0.351 e. The monoisotopic (exact) mass is 100 g/mol. The Kier molecular flexibility index (Phi) is 0.619. The Balaban J connectivity index is 2.21. The van der Waals surface area contributed by atoms with Gasteiger partial charge in [-0.25, -0.2) is 10.2 Å². The smallest absolute Gasteiger partial charge is 0.319 e. The second-order valence-electron chi connectivity index (χ2n) is 1.06. The highest BCUT2D eigenvalue weighted by atomic mass is 16.2. The number of hydrogen-bond acceptors (Lipinski definition) is 3. The summed E-state index contributed by atoms with van der Waals surface area (Å²) < 4.78 is 0. The molecule has 1 heterocycles. The maximum Gasteiger partial charge on any atom is 0.319 e. The van der Waals surface area contributed by atoms with E-state index in [0.29, 0.717) is 5.96 Å². The van der Waals surface area contributed by atoms with Crippen molar-refractivity contribution in [2.45, 2.75) is 0 Å². The van der Waals surface area contributed by atoms with E-state index in [-0.39, 0.29) is 0 Å². The Labute approximate surface area is 39.6 Å². The average Bonchev–Trinajstić information content (AvgIpc) is 2.17. The number of carbonyl (C=O) groups is 1. The first-order chi connectivity index (χ1) is 3.29. The van der Waals surface area contributed by atoms with Crippen LogP contribution in [0.5, 0.6) is 0 Å². The molecule has 0 saturated heterocycles. The maximum atomic E-state index is 9.84. The first-order valence-corrected chi connectivity index (χ1v) is 1.69. The Morgan fingerprint density at radius 2 is 2.57 bits per heavy atom. The molecular weight excluding hydrogens is 96.0 g/mol. The third-order valence-electron chi connectivity index (χ3n) is 0.465. The molecule has 0 fully saturated rings. The zero-order valence-corrected chi connectivity index (χ0v) is 3.43. The fourth-order valence-corrected chi connectivity index (χ4v) is 0.201. The van der Waals surface area contributed by atoms with E-state index in [1.54, 1.807) is 0 Å². The number of rotatable bonds is 0. The van der Waals surface area contributed by atoms with Crippen LogP contribution in [0.25, 0.3) is 0 Å². The second kappa shape index (κ2) is 1.11. The van der Waals surface area contributed by atoms with Gasteiger partial charge in [-0.3, -0.25) is 5.32 Å². The lowest BCUT2D eigenvalue weighted by molar-refractivity contribution is 0.253. The number of nitrogens with one attached hydrogen (secondary N) is 2. The SMILES string of the molecule is NC(=O)NC1=NN1. The third kappa shape index (κ3) is 1.08. The van der Waals surface area contributed by atoms with Gasteiger partial charge in [-0.1, -0.05) is 0 Å². The van der Waals surface area contributed by atoms with Crippen molar-refractivity contribution in [1.82, 2.24) is 10.7 Å². The predicted octanol–water partition coefficient (Wildman–Crippen LogP) is -1.47. The molecule has 0 aromatic rings. The molecule has 0 radical (unpaired) electrons. The van der Waals surface area contributed by atoms with Crippen LogP contribution in [0.3, 0.4) is 0 Å². The molecule has 1 aliphatic heterocycles. The molecule has 5 nitrogen and oxygen atoms in total. The van der Waals surface area contributed by atoms with E-state index in [1.165, 1.54) is 0 Å². The molecule has 38 valence electrons. The zero-order chi connectivity index (χ0) is 5.28. The van der Waals surface area contributed by atoms with Crippen molar-refractivity contribution >= 4 is 12.0 Å². The van der Waals surface area contributed by atoms with E-state index in [2.05, 4.69) is 21.6 Å². The molecule has 0 atom stereocenters. The molecule has 1 aliphatic rings. The highest BCUT2D eigenvalue weighted by molar-refractivity contribution is 6.00. The lowest BCUT2D eigenvalue weighted by Gasteiger charge is -1.83. The number of carbonyl (C=O) groups excluding carboxylic acids is 1. The average molecular weight is 100 g/mol.